The predicted octanol–water partition coefficient (Wildman–Crippen LogP) is 12.5. The number of fused-ring (bicyclic) bond motifs is 4. The predicted molar refractivity (Wildman–Crippen MR) is 214 cm³/mol. The zero-order valence-electron chi connectivity index (χ0n) is 27.1. The van der Waals surface area contributed by atoms with E-state index in [1.54, 1.807) is 22.7 Å². The summed E-state index contributed by atoms with van der Waals surface area (Å²) in [6.07, 6.45) is 1.94. The molecule has 0 spiro atoms. The zero-order chi connectivity index (χ0) is 33.7. The molecule has 0 aliphatic rings. The fourth-order valence-corrected chi connectivity index (χ4v) is 8.50. The van der Waals surface area contributed by atoms with Gasteiger partial charge in [0.05, 0.1) is 37.0 Å². The molecule has 0 saturated heterocycles. The van der Waals surface area contributed by atoms with Gasteiger partial charge in [-0.2, -0.15) is 0 Å². The molecule has 51 heavy (non-hydrogen) atoms. The first-order valence-corrected chi connectivity index (χ1v) is 18.3. The van der Waals surface area contributed by atoms with Crippen LogP contribution in [-0.2, 0) is 0 Å². The standard InChI is InChI=1S/C44H27N5S2/c1-2-8-36-31(7-1)25-39-40(46-36)26-32(27-45-39)28-13-19-33(20-14-28)49(34-21-15-29(16-22-34)43-47-37-9-3-5-11-41(37)50-43)35-23-17-30(18-24-35)44-48-38-10-4-6-12-42(38)51-44/h1-27H. The van der Waals surface area contributed by atoms with Crippen molar-refractivity contribution < 1.29 is 0 Å². The van der Waals surface area contributed by atoms with E-state index in [1.807, 2.05) is 36.5 Å². The number of thiazole rings is 2. The molecule has 6 aromatic carbocycles. The van der Waals surface area contributed by atoms with Crippen molar-refractivity contribution in [3.05, 3.63) is 164 Å². The average molecular weight is 690 g/mol. The third kappa shape index (κ3) is 5.49. The van der Waals surface area contributed by atoms with E-state index in [9.17, 15) is 0 Å². The fourth-order valence-electron chi connectivity index (χ4n) is 6.56. The maximum atomic E-state index is 4.89. The van der Waals surface area contributed by atoms with E-state index in [0.717, 1.165) is 82.3 Å². The Morgan fingerprint density at radius 2 is 0.863 bits per heavy atom. The quantitative estimate of drug-likeness (QED) is 0.163. The summed E-state index contributed by atoms with van der Waals surface area (Å²) in [5, 5.41) is 3.13. The lowest BCUT2D eigenvalue weighted by atomic mass is 10.0. The first-order valence-electron chi connectivity index (χ1n) is 16.7. The highest BCUT2D eigenvalue weighted by molar-refractivity contribution is 7.22. The van der Waals surface area contributed by atoms with Gasteiger partial charge < -0.3 is 4.90 Å². The lowest BCUT2D eigenvalue weighted by Gasteiger charge is -2.26. The highest BCUT2D eigenvalue weighted by Gasteiger charge is 2.16. The molecule has 0 aliphatic heterocycles. The van der Waals surface area contributed by atoms with Crippen LogP contribution < -0.4 is 4.90 Å². The third-order valence-corrected chi connectivity index (χ3v) is 11.3. The van der Waals surface area contributed by atoms with Crippen molar-refractivity contribution in [3.63, 3.8) is 0 Å². The molecule has 0 saturated carbocycles. The Kier molecular flexibility index (Phi) is 7.11. The number of para-hydroxylation sites is 3. The minimum atomic E-state index is 0.887. The Hall–Kier alpha value is -6.28. The molecule has 0 atom stereocenters. The van der Waals surface area contributed by atoms with E-state index >= 15 is 0 Å². The second kappa shape index (κ2) is 12.2. The molecule has 0 fully saturated rings. The van der Waals surface area contributed by atoms with Crippen molar-refractivity contribution in [2.24, 2.45) is 0 Å². The first-order chi connectivity index (χ1) is 25.2. The van der Waals surface area contributed by atoms with Gasteiger partial charge >= 0.3 is 0 Å². The van der Waals surface area contributed by atoms with Gasteiger partial charge in [-0.1, -0.05) is 54.6 Å². The maximum Gasteiger partial charge on any atom is 0.124 e. The van der Waals surface area contributed by atoms with Crippen LogP contribution in [0.5, 0.6) is 0 Å². The Morgan fingerprint density at radius 1 is 0.373 bits per heavy atom. The lowest BCUT2D eigenvalue weighted by Crippen LogP contribution is -2.09. The van der Waals surface area contributed by atoms with Crippen LogP contribution in [-0.4, -0.2) is 19.9 Å². The van der Waals surface area contributed by atoms with E-state index in [1.165, 1.54) is 9.40 Å². The molecule has 0 N–H and O–H groups in total. The molecular formula is C44H27N5S2. The smallest absolute Gasteiger partial charge is 0.124 e. The van der Waals surface area contributed by atoms with Crippen molar-refractivity contribution in [2.45, 2.75) is 0 Å². The van der Waals surface area contributed by atoms with Crippen LogP contribution in [0.25, 0.3) is 74.6 Å². The number of benzene rings is 6. The summed E-state index contributed by atoms with van der Waals surface area (Å²) < 4.78 is 2.38. The third-order valence-electron chi connectivity index (χ3n) is 9.16. The van der Waals surface area contributed by atoms with Gasteiger partial charge in [-0.3, -0.25) is 4.98 Å². The average Bonchev–Trinajstić information content (AvgIpc) is 3.83. The van der Waals surface area contributed by atoms with Gasteiger partial charge in [0.25, 0.3) is 0 Å². The van der Waals surface area contributed by atoms with Gasteiger partial charge in [-0.25, -0.2) is 15.0 Å². The highest BCUT2D eigenvalue weighted by atomic mass is 32.1. The van der Waals surface area contributed by atoms with Crippen LogP contribution in [0.15, 0.2) is 164 Å². The Morgan fingerprint density at radius 3 is 1.41 bits per heavy atom. The number of nitrogens with zero attached hydrogens (tertiary/aromatic N) is 5. The van der Waals surface area contributed by atoms with Crippen LogP contribution in [0.2, 0.25) is 0 Å². The van der Waals surface area contributed by atoms with Gasteiger partial charge in [0.2, 0.25) is 0 Å². The van der Waals surface area contributed by atoms with E-state index in [-0.39, 0.29) is 0 Å². The van der Waals surface area contributed by atoms with E-state index < -0.39 is 0 Å². The molecule has 10 rings (SSSR count). The molecule has 4 heterocycles. The van der Waals surface area contributed by atoms with Crippen LogP contribution in [0.4, 0.5) is 17.1 Å². The minimum absolute atomic E-state index is 0.887. The van der Waals surface area contributed by atoms with E-state index in [4.69, 9.17) is 19.9 Å². The van der Waals surface area contributed by atoms with Crippen LogP contribution in [0.3, 0.4) is 0 Å². The maximum absolute atomic E-state index is 4.89. The van der Waals surface area contributed by atoms with Gasteiger partial charge in [-0.15, -0.1) is 22.7 Å². The highest BCUT2D eigenvalue weighted by Crippen LogP contribution is 2.39. The molecular weight excluding hydrogens is 663 g/mol. The van der Waals surface area contributed by atoms with Gasteiger partial charge in [0, 0.05) is 45.3 Å². The summed E-state index contributed by atoms with van der Waals surface area (Å²) >= 11 is 3.44. The van der Waals surface area contributed by atoms with Crippen LogP contribution >= 0.6 is 22.7 Å². The van der Waals surface area contributed by atoms with Gasteiger partial charge in [0.1, 0.15) is 10.0 Å². The summed E-state index contributed by atoms with van der Waals surface area (Å²) in [7, 11) is 0. The molecule has 0 amide bonds. The normalized spacial score (nSPS) is 11.5. The summed E-state index contributed by atoms with van der Waals surface area (Å²) in [4.78, 5) is 21.7. The van der Waals surface area contributed by atoms with Crippen molar-refractivity contribution >= 4 is 82.1 Å². The molecule has 0 aliphatic carbocycles. The molecule has 5 nitrogen and oxygen atoms in total. The molecule has 10 aromatic rings. The van der Waals surface area contributed by atoms with E-state index in [2.05, 4.69) is 132 Å². The van der Waals surface area contributed by atoms with Gasteiger partial charge in [-0.05, 0) is 109 Å². The zero-order valence-corrected chi connectivity index (χ0v) is 28.8. The van der Waals surface area contributed by atoms with Crippen molar-refractivity contribution in [2.75, 3.05) is 4.90 Å². The van der Waals surface area contributed by atoms with E-state index in [0.29, 0.717) is 0 Å². The Balaban J connectivity index is 1.02. The molecule has 7 heteroatoms. The number of pyridine rings is 2. The monoisotopic (exact) mass is 689 g/mol. The van der Waals surface area contributed by atoms with Crippen molar-refractivity contribution in [1.82, 2.24) is 19.9 Å². The molecule has 0 unspecified atom stereocenters. The molecule has 240 valence electrons. The van der Waals surface area contributed by atoms with Crippen molar-refractivity contribution in [1.29, 1.82) is 0 Å². The topological polar surface area (TPSA) is 54.8 Å². The summed E-state index contributed by atoms with van der Waals surface area (Å²) in [6.45, 7) is 0. The molecule has 0 radical (unpaired) electrons. The van der Waals surface area contributed by atoms with Gasteiger partial charge in [0.15, 0.2) is 0 Å². The number of hydrogen-bond acceptors (Lipinski definition) is 7. The summed E-state index contributed by atoms with van der Waals surface area (Å²) in [5.41, 5.74) is 12.3. The number of rotatable bonds is 6. The first kappa shape index (κ1) is 29.6. The number of aromatic nitrogens is 4. The fraction of sp³-hybridized carbons (Fsp3) is 0. The second-order valence-electron chi connectivity index (χ2n) is 12.4. The summed E-state index contributed by atoms with van der Waals surface area (Å²) in [5.74, 6) is 0. The minimum Gasteiger partial charge on any atom is -0.311 e. The Labute approximate surface area is 301 Å². The molecule has 4 aromatic heterocycles. The largest absolute Gasteiger partial charge is 0.311 e. The molecule has 0 bridgehead atoms. The Bertz CT molecular complexity index is 2670. The lowest BCUT2D eigenvalue weighted by molar-refractivity contribution is 1.28. The number of anilines is 3. The second-order valence-corrected chi connectivity index (χ2v) is 14.5. The van der Waals surface area contributed by atoms with Crippen LogP contribution in [0.1, 0.15) is 0 Å². The SMILES string of the molecule is c1ccc2nc3cc(-c4ccc(N(c5ccc(-c6nc7ccccc7s6)cc5)c5ccc(-c6nc7ccccc7s6)cc5)cc4)cnc3cc2c1. The van der Waals surface area contributed by atoms with Crippen molar-refractivity contribution in [3.8, 4) is 32.3 Å². The summed E-state index contributed by atoms with van der Waals surface area (Å²) in [6, 6.07) is 55.1. The number of hydrogen-bond donors (Lipinski definition) is 0. The van der Waals surface area contributed by atoms with Crippen LogP contribution in [0, 0.1) is 0 Å².